The van der Waals surface area contributed by atoms with Crippen LogP contribution in [0.5, 0.6) is 0 Å². The molecule has 0 aliphatic rings. The summed E-state index contributed by atoms with van der Waals surface area (Å²) in [6.07, 6.45) is 1.02. The van der Waals surface area contributed by atoms with Gasteiger partial charge in [0.25, 0.3) is 0 Å². The molecule has 2 nitrogen and oxygen atoms in total. The highest BCUT2D eigenvalue weighted by Gasteiger charge is 2.08. The van der Waals surface area contributed by atoms with Gasteiger partial charge in [0.1, 0.15) is 0 Å². The van der Waals surface area contributed by atoms with Crippen molar-refractivity contribution in [2.45, 2.75) is 25.6 Å². The molecular weight excluding hydrogens is 268 g/mol. The smallest absolute Gasteiger partial charge is 0.338 e. The zero-order valence-electron chi connectivity index (χ0n) is 9.70. The molecule has 1 unspecified atom stereocenters. The molecule has 0 saturated carbocycles. The predicted octanol–water partition coefficient (Wildman–Crippen LogP) is 3.78. The van der Waals surface area contributed by atoms with Gasteiger partial charge in [0, 0.05) is 5.33 Å². The van der Waals surface area contributed by atoms with Crippen molar-refractivity contribution >= 4 is 21.9 Å². The van der Waals surface area contributed by atoms with Crippen LogP contribution >= 0.6 is 15.9 Å². The van der Waals surface area contributed by atoms with Crippen LogP contribution in [-0.2, 0) is 10.1 Å². The van der Waals surface area contributed by atoms with E-state index in [9.17, 15) is 4.79 Å². The Bertz CT molecular complexity index is 332. The fourth-order valence-corrected chi connectivity index (χ4v) is 1.52. The molecule has 16 heavy (non-hydrogen) atoms. The molecule has 0 aliphatic heterocycles. The van der Waals surface area contributed by atoms with Crippen LogP contribution in [0.2, 0.25) is 0 Å². The Morgan fingerprint density at radius 1 is 1.38 bits per heavy atom. The minimum Gasteiger partial charge on any atom is -0.462 e. The molecule has 0 aliphatic carbocycles. The Balaban J connectivity index is 2.52. The summed E-state index contributed by atoms with van der Waals surface area (Å²) < 4.78 is 5.20. The molecule has 0 fully saturated rings. The standard InChI is InChI=1S/C13H17BrO2/c1-3-10(2)9-16-13(15)12-6-4-11(8-14)5-7-12/h4-7,10H,3,8-9H2,1-2H3. The molecule has 0 aromatic heterocycles. The predicted molar refractivity (Wildman–Crippen MR) is 68.8 cm³/mol. The number of alkyl halides is 1. The molecular formula is C13H17BrO2. The maximum Gasteiger partial charge on any atom is 0.338 e. The van der Waals surface area contributed by atoms with E-state index in [-0.39, 0.29) is 5.97 Å². The fourth-order valence-electron chi connectivity index (χ4n) is 1.15. The highest BCUT2D eigenvalue weighted by molar-refractivity contribution is 9.08. The molecule has 0 saturated heterocycles. The van der Waals surface area contributed by atoms with Gasteiger partial charge in [-0.25, -0.2) is 4.79 Å². The number of halogens is 1. The van der Waals surface area contributed by atoms with E-state index < -0.39 is 0 Å². The second-order valence-corrected chi connectivity index (χ2v) is 4.50. The first kappa shape index (κ1) is 13.2. The van der Waals surface area contributed by atoms with Crippen molar-refractivity contribution in [1.29, 1.82) is 0 Å². The molecule has 0 bridgehead atoms. The number of ether oxygens (including phenoxy) is 1. The van der Waals surface area contributed by atoms with Crippen molar-refractivity contribution in [3.63, 3.8) is 0 Å². The third-order valence-corrected chi connectivity index (χ3v) is 3.19. The molecule has 88 valence electrons. The molecule has 1 atom stereocenters. The fraction of sp³-hybridized carbons (Fsp3) is 0.462. The van der Waals surface area contributed by atoms with Gasteiger partial charge >= 0.3 is 5.97 Å². The van der Waals surface area contributed by atoms with Crippen LogP contribution < -0.4 is 0 Å². The number of carbonyl (C=O) groups excluding carboxylic acids is 1. The zero-order chi connectivity index (χ0) is 12.0. The van der Waals surface area contributed by atoms with E-state index in [0.717, 1.165) is 17.3 Å². The van der Waals surface area contributed by atoms with Crippen molar-refractivity contribution in [2.75, 3.05) is 6.61 Å². The van der Waals surface area contributed by atoms with Gasteiger partial charge in [0.05, 0.1) is 12.2 Å². The lowest BCUT2D eigenvalue weighted by atomic mass is 10.1. The number of hydrogen-bond donors (Lipinski definition) is 0. The average molecular weight is 285 g/mol. The van der Waals surface area contributed by atoms with Crippen LogP contribution in [0.15, 0.2) is 24.3 Å². The van der Waals surface area contributed by atoms with Gasteiger partial charge in [-0.05, 0) is 23.6 Å². The Morgan fingerprint density at radius 3 is 2.50 bits per heavy atom. The van der Waals surface area contributed by atoms with Gasteiger partial charge in [-0.15, -0.1) is 0 Å². The minimum absolute atomic E-state index is 0.235. The van der Waals surface area contributed by atoms with Gasteiger partial charge in [-0.2, -0.15) is 0 Å². The maximum atomic E-state index is 11.6. The molecule has 1 aromatic carbocycles. The van der Waals surface area contributed by atoms with E-state index >= 15 is 0 Å². The van der Waals surface area contributed by atoms with E-state index in [0.29, 0.717) is 18.1 Å². The average Bonchev–Trinajstić information content (AvgIpc) is 2.35. The van der Waals surface area contributed by atoms with Gasteiger partial charge in [0.2, 0.25) is 0 Å². The quantitative estimate of drug-likeness (QED) is 0.608. The summed E-state index contributed by atoms with van der Waals surface area (Å²) in [5.41, 5.74) is 1.77. The molecule has 0 N–H and O–H groups in total. The monoisotopic (exact) mass is 284 g/mol. The first-order valence-electron chi connectivity index (χ1n) is 5.49. The summed E-state index contributed by atoms with van der Waals surface area (Å²) in [6.45, 7) is 4.65. The molecule has 0 heterocycles. The molecule has 1 aromatic rings. The summed E-state index contributed by atoms with van der Waals surface area (Å²) in [4.78, 5) is 11.6. The van der Waals surface area contributed by atoms with Crippen molar-refractivity contribution < 1.29 is 9.53 Å². The van der Waals surface area contributed by atoms with Crippen LogP contribution in [0.3, 0.4) is 0 Å². The third-order valence-electron chi connectivity index (χ3n) is 2.54. The SMILES string of the molecule is CCC(C)COC(=O)c1ccc(CBr)cc1. The lowest BCUT2D eigenvalue weighted by molar-refractivity contribution is 0.0447. The third kappa shape index (κ3) is 3.97. The second kappa shape index (κ2) is 6.69. The zero-order valence-corrected chi connectivity index (χ0v) is 11.3. The van der Waals surface area contributed by atoms with Crippen molar-refractivity contribution in [3.8, 4) is 0 Å². The highest BCUT2D eigenvalue weighted by atomic mass is 79.9. The van der Waals surface area contributed by atoms with E-state index in [1.165, 1.54) is 0 Å². The number of hydrogen-bond acceptors (Lipinski definition) is 2. The van der Waals surface area contributed by atoms with Crippen molar-refractivity contribution in [3.05, 3.63) is 35.4 Å². The van der Waals surface area contributed by atoms with E-state index in [1.54, 1.807) is 12.1 Å². The van der Waals surface area contributed by atoms with Crippen LogP contribution in [0.4, 0.5) is 0 Å². The topological polar surface area (TPSA) is 26.3 Å². The Hall–Kier alpha value is -0.830. The van der Waals surface area contributed by atoms with Crippen LogP contribution in [0.1, 0.15) is 36.2 Å². The number of carbonyl (C=O) groups is 1. The summed E-state index contributed by atoms with van der Waals surface area (Å²) >= 11 is 3.36. The van der Waals surface area contributed by atoms with Crippen molar-refractivity contribution in [2.24, 2.45) is 5.92 Å². The molecule has 3 heteroatoms. The molecule has 1 rings (SSSR count). The molecule has 0 spiro atoms. The van der Waals surface area contributed by atoms with E-state index in [4.69, 9.17) is 4.74 Å². The summed E-state index contributed by atoms with van der Waals surface area (Å²) in [6, 6.07) is 7.45. The number of benzene rings is 1. The van der Waals surface area contributed by atoms with Gasteiger partial charge in [0.15, 0.2) is 0 Å². The van der Waals surface area contributed by atoms with Crippen molar-refractivity contribution in [1.82, 2.24) is 0 Å². The molecule has 0 amide bonds. The van der Waals surface area contributed by atoms with Crippen LogP contribution in [0.25, 0.3) is 0 Å². The highest BCUT2D eigenvalue weighted by Crippen LogP contribution is 2.10. The summed E-state index contributed by atoms with van der Waals surface area (Å²) in [5, 5.41) is 0.801. The number of esters is 1. The summed E-state index contributed by atoms with van der Waals surface area (Å²) in [7, 11) is 0. The minimum atomic E-state index is -0.235. The Kier molecular flexibility index (Phi) is 5.53. The number of rotatable bonds is 5. The van der Waals surface area contributed by atoms with Gasteiger partial charge in [-0.1, -0.05) is 48.3 Å². The van der Waals surface area contributed by atoms with Gasteiger partial charge in [-0.3, -0.25) is 0 Å². The normalized spacial score (nSPS) is 12.2. The van der Waals surface area contributed by atoms with Gasteiger partial charge < -0.3 is 4.74 Å². The Labute approximate surface area is 105 Å². The molecule has 0 radical (unpaired) electrons. The second-order valence-electron chi connectivity index (χ2n) is 3.94. The van der Waals surface area contributed by atoms with E-state index in [1.807, 2.05) is 12.1 Å². The lowest BCUT2D eigenvalue weighted by Crippen LogP contribution is -2.11. The van der Waals surface area contributed by atoms with E-state index in [2.05, 4.69) is 29.8 Å². The first-order valence-corrected chi connectivity index (χ1v) is 6.61. The van der Waals surface area contributed by atoms with Crippen LogP contribution in [-0.4, -0.2) is 12.6 Å². The maximum absolute atomic E-state index is 11.6. The first-order chi connectivity index (χ1) is 7.67. The summed E-state index contributed by atoms with van der Waals surface area (Å²) in [5.74, 6) is 0.187. The van der Waals surface area contributed by atoms with Crippen LogP contribution in [0, 0.1) is 5.92 Å². The Morgan fingerprint density at radius 2 is 2.00 bits per heavy atom. The largest absolute Gasteiger partial charge is 0.462 e. The lowest BCUT2D eigenvalue weighted by Gasteiger charge is -2.09.